The number of ether oxygens (including phenoxy) is 1. The smallest absolute Gasteiger partial charge is 0.156 e. The normalized spacial score (nSPS) is 9.93. The molecule has 2 N–H and O–H groups in total. The molecule has 0 spiro atoms. The third-order valence-corrected chi connectivity index (χ3v) is 1.86. The Hall–Kier alpha value is -1.67. The Bertz CT molecular complexity index is 360. The number of nitrogens with zero attached hydrogens (tertiary/aromatic N) is 3. The largest absolute Gasteiger partial charge is 0.382 e. The summed E-state index contributed by atoms with van der Waals surface area (Å²) in [6, 6.07) is 1.97. The number of nitriles is 1. The van der Waals surface area contributed by atoms with Crippen molar-refractivity contribution in [3.8, 4) is 6.07 Å². The molecule has 15 heavy (non-hydrogen) atoms. The summed E-state index contributed by atoms with van der Waals surface area (Å²) in [5.41, 5.74) is 6.55. The fourth-order valence-corrected chi connectivity index (χ4v) is 1.17. The van der Waals surface area contributed by atoms with Crippen molar-refractivity contribution in [2.45, 2.75) is 26.9 Å². The first-order chi connectivity index (χ1) is 7.19. The summed E-state index contributed by atoms with van der Waals surface area (Å²) in [6.45, 7) is 4.77. The summed E-state index contributed by atoms with van der Waals surface area (Å²) in [4.78, 5) is 8.13. The number of hydrogen-bond acceptors (Lipinski definition) is 5. The molecule has 1 aromatic heterocycles. The Labute approximate surface area is 88.9 Å². The lowest BCUT2D eigenvalue weighted by Crippen LogP contribution is -2.07. The zero-order chi connectivity index (χ0) is 11.3. The van der Waals surface area contributed by atoms with E-state index in [1.54, 1.807) is 6.92 Å². The van der Waals surface area contributed by atoms with E-state index >= 15 is 0 Å². The van der Waals surface area contributed by atoms with Gasteiger partial charge in [0, 0.05) is 6.61 Å². The molecule has 0 aliphatic heterocycles. The molecule has 5 nitrogen and oxygen atoms in total. The van der Waals surface area contributed by atoms with Crippen LogP contribution >= 0.6 is 0 Å². The molecule has 0 aliphatic rings. The highest BCUT2D eigenvalue weighted by Gasteiger charge is 2.08. The minimum Gasteiger partial charge on any atom is -0.382 e. The first-order valence-corrected chi connectivity index (χ1v) is 4.79. The Morgan fingerprint density at radius 2 is 2.20 bits per heavy atom. The van der Waals surface area contributed by atoms with Gasteiger partial charge in [-0.3, -0.25) is 0 Å². The first kappa shape index (κ1) is 11.4. The van der Waals surface area contributed by atoms with Crippen molar-refractivity contribution >= 4 is 5.82 Å². The topological polar surface area (TPSA) is 84.8 Å². The number of nitrogen functional groups attached to an aromatic ring is 1. The monoisotopic (exact) mass is 206 g/mol. The van der Waals surface area contributed by atoms with E-state index in [1.165, 1.54) is 0 Å². The van der Waals surface area contributed by atoms with Crippen molar-refractivity contribution in [1.82, 2.24) is 9.97 Å². The summed E-state index contributed by atoms with van der Waals surface area (Å²) in [6.07, 6.45) is 0.949. The zero-order valence-electron chi connectivity index (χ0n) is 8.95. The van der Waals surface area contributed by atoms with E-state index < -0.39 is 0 Å². The Morgan fingerprint density at radius 3 is 2.73 bits per heavy atom. The standard InChI is InChI=1S/C10H14N4O/c1-3-4-15-6-9-13-7(2)8(5-11)10(12)14-9/h3-4,6H2,1-2H3,(H2,12,13,14). The van der Waals surface area contributed by atoms with Gasteiger partial charge in [0.15, 0.2) is 5.82 Å². The van der Waals surface area contributed by atoms with Crippen molar-refractivity contribution in [1.29, 1.82) is 5.26 Å². The van der Waals surface area contributed by atoms with Gasteiger partial charge in [-0.2, -0.15) is 5.26 Å². The summed E-state index contributed by atoms with van der Waals surface area (Å²) >= 11 is 0. The van der Waals surface area contributed by atoms with Crippen LogP contribution in [-0.4, -0.2) is 16.6 Å². The first-order valence-electron chi connectivity index (χ1n) is 4.79. The average Bonchev–Trinajstić information content (AvgIpc) is 2.18. The van der Waals surface area contributed by atoms with Crippen LogP contribution in [0, 0.1) is 18.3 Å². The number of nitrogens with two attached hydrogens (primary N) is 1. The van der Waals surface area contributed by atoms with Crippen LogP contribution in [-0.2, 0) is 11.3 Å². The number of hydrogen-bond donors (Lipinski definition) is 1. The predicted molar refractivity (Wildman–Crippen MR) is 55.8 cm³/mol. The van der Waals surface area contributed by atoms with Crippen LogP contribution in [0.2, 0.25) is 0 Å². The molecular weight excluding hydrogens is 192 g/mol. The Kier molecular flexibility index (Phi) is 4.01. The van der Waals surface area contributed by atoms with Gasteiger partial charge in [0.25, 0.3) is 0 Å². The van der Waals surface area contributed by atoms with Gasteiger partial charge < -0.3 is 10.5 Å². The number of aryl methyl sites for hydroxylation is 1. The molecule has 0 saturated heterocycles. The zero-order valence-corrected chi connectivity index (χ0v) is 8.95. The molecule has 1 heterocycles. The fourth-order valence-electron chi connectivity index (χ4n) is 1.17. The summed E-state index contributed by atoms with van der Waals surface area (Å²) < 4.78 is 5.29. The lowest BCUT2D eigenvalue weighted by Gasteiger charge is -2.05. The molecular formula is C10H14N4O. The van der Waals surface area contributed by atoms with Gasteiger partial charge in [-0.15, -0.1) is 0 Å². The third kappa shape index (κ3) is 2.89. The molecule has 0 bridgehead atoms. The van der Waals surface area contributed by atoms with E-state index in [4.69, 9.17) is 15.7 Å². The molecule has 0 atom stereocenters. The minimum atomic E-state index is 0.222. The molecule has 0 aliphatic carbocycles. The number of rotatable bonds is 4. The van der Waals surface area contributed by atoms with Crippen molar-refractivity contribution in [3.05, 3.63) is 17.1 Å². The van der Waals surface area contributed by atoms with E-state index in [2.05, 4.69) is 9.97 Å². The number of aromatic nitrogens is 2. The van der Waals surface area contributed by atoms with Crippen molar-refractivity contribution in [2.75, 3.05) is 12.3 Å². The molecule has 80 valence electrons. The lowest BCUT2D eigenvalue weighted by molar-refractivity contribution is 0.116. The van der Waals surface area contributed by atoms with E-state index in [-0.39, 0.29) is 5.82 Å². The van der Waals surface area contributed by atoms with Crippen LogP contribution in [0.1, 0.15) is 30.4 Å². The maximum Gasteiger partial charge on any atom is 0.156 e. The van der Waals surface area contributed by atoms with E-state index in [0.29, 0.717) is 30.3 Å². The second-order valence-electron chi connectivity index (χ2n) is 3.15. The van der Waals surface area contributed by atoms with Crippen LogP contribution in [0.25, 0.3) is 0 Å². The van der Waals surface area contributed by atoms with Crippen LogP contribution in [0.4, 0.5) is 5.82 Å². The van der Waals surface area contributed by atoms with Gasteiger partial charge in [-0.1, -0.05) is 6.92 Å². The van der Waals surface area contributed by atoms with Crippen molar-refractivity contribution in [2.24, 2.45) is 0 Å². The SMILES string of the molecule is CCCOCc1nc(C)c(C#N)c(N)n1. The Balaban J connectivity index is 2.81. The van der Waals surface area contributed by atoms with Gasteiger partial charge in [-0.05, 0) is 13.3 Å². The summed E-state index contributed by atoms with van der Waals surface area (Å²) in [5.74, 6) is 0.748. The van der Waals surface area contributed by atoms with Gasteiger partial charge in [0.05, 0.1) is 5.69 Å². The van der Waals surface area contributed by atoms with Gasteiger partial charge >= 0.3 is 0 Å². The molecule has 0 radical (unpaired) electrons. The quantitative estimate of drug-likeness (QED) is 0.747. The predicted octanol–water partition coefficient (Wildman–Crippen LogP) is 1.17. The maximum atomic E-state index is 8.76. The van der Waals surface area contributed by atoms with E-state index in [0.717, 1.165) is 6.42 Å². The average molecular weight is 206 g/mol. The molecule has 1 rings (SSSR count). The molecule has 5 heteroatoms. The van der Waals surface area contributed by atoms with Gasteiger partial charge in [0.2, 0.25) is 0 Å². The van der Waals surface area contributed by atoms with Gasteiger partial charge in [0.1, 0.15) is 24.1 Å². The van der Waals surface area contributed by atoms with Gasteiger partial charge in [-0.25, -0.2) is 9.97 Å². The minimum absolute atomic E-state index is 0.222. The Morgan fingerprint density at radius 1 is 1.47 bits per heavy atom. The van der Waals surface area contributed by atoms with Crippen LogP contribution in [0.15, 0.2) is 0 Å². The molecule has 1 aromatic rings. The fraction of sp³-hybridized carbons (Fsp3) is 0.500. The van der Waals surface area contributed by atoms with Crippen LogP contribution in [0.3, 0.4) is 0 Å². The van der Waals surface area contributed by atoms with Crippen molar-refractivity contribution < 1.29 is 4.74 Å². The highest BCUT2D eigenvalue weighted by molar-refractivity contribution is 5.50. The third-order valence-electron chi connectivity index (χ3n) is 1.86. The molecule has 0 unspecified atom stereocenters. The van der Waals surface area contributed by atoms with Crippen LogP contribution < -0.4 is 5.73 Å². The van der Waals surface area contributed by atoms with E-state index in [9.17, 15) is 0 Å². The number of anilines is 1. The summed E-state index contributed by atoms with van der Waals surface area (Å²) in [5, 5.41) is 8.76. The maximum absolute atomic E-state index is 8.76. The highest BCUT2D eigenvalue weighted by atomic mass is 16.5. The van der Waals surface area contributed by atoms with Crippen LogP contribution in [0.5, 0.6) is 0 Å². The second-order valence-corrected chi connectivity index (χ2v) is 3.15. The molecule has 0 saturated carbocycles. The molecule has 0 amide bonds. The lowest BCUT2D eigenvalue weighted by atomic mass is 10.2. The molecule has 0 fully saturated rings. The summed E-state index contributed by atoms with van der Waals surface area (Å²) in [7, 11) is 0. The van der Waals surface area contributed by atoms with E-state index in [1.807, 2.05) is 13.0 Å². The second kappa shape index (κ2) is 5.27. The molecule has 0 aromatic carbocycles. The van der Waals surface area contributed by atoms with Crippen molar-refractivity contribution in [3.63, 3.8) is 0 Å². The highest BCUT2D eigenvalue weighted by Crippen LogP contribution is 2.11.